The third-order valence-corrected chi connectivity index (χ3v) is 6.28. The third-order valence-electron chi connectivity index (χ3n) is 3.17. The maximum Gasteiger partial charge on any atom is 0.155 e. The molecule has 0 amide bonds. The van der Waals surface area contributed by atoms with Gasteiger partial charge in [-0.15, -0.1) is 11.8 Å². The minimum Gasteiger partial charge on any atom is -0.322 e. The molecule has 0 saturated carbocycles. The zero-order chi connectivity index (χ0) is 18.5. The van der Waals surface area contributed by atoms with Crippen molar-refractivity contribution in [3.63, 3.8) is 0 Å². The molecule has 0 aliphatic heterocycles. The van der Waals surface area contributed by atoms with E-state index in [0.717, 1.165) is 20.1 Å². The minimum atomic E-state index is 0.823. The van der Waals surface area contributed by atoms with Crippen LogP contribution in [0.1, 0.15) is 11.1 Å². The van der Waals surface area contributed by atoms with Gasteiger partial charge in [-0.25, -0.2) is 0 Å². The number of hydrogen-bond acceptors (Lipinski definition) is 5. The number of thioether (sulfide) groups is 3. The molecule has 2 aromatic rings. The van der Waals surface area contributed by atoms with Gasteiger partial charge in [-0.2, -0.15) is 5.10 Å². The van der Waals surface area contributed by atoms with Crippen LogP contribution in [-0.2, 0) is 0 Å². The summed E-state index contributed by atoms with van der Waals surface area (Å²) in [7, 11) is 0. The fourth-order valence-electron chi connectivity index (χ4n) is 1.98. The molecule has 2 aromatic carbocycles. The van der Waals surface area contributed by atoms with E-state index in [1.54, 1.807) is 23.5 Å². The molecule has 0 aliphatic rings. The number of rotatable bonds is 8. The quantitative estimate of drug-likeness (QED) is 0.245. The Morgan fingerprint density at radius 2 is 1.35 bits per heavy atom. The van der Waals surface area contributed by atoms with Gasteiger partial charge in [-0.3, -0.25) is 0 Å². The van der Waals surface area contributed by atoms with Crippen molar-refractivity contribution >= 4 is 51.8 Å². The van der Waals surface area contributed by atoms with Crippen molar-refractivity contribution in [1.82, 2.24) is 0 Å². The zero-order valence-electron chi connectivity index (χ0n) is 14.5. The Balaban J connectivity index is 1.67. The number of nitrogens with two attached hydrogens (primary N) is 1. The topological polar surface area (TPSA) is 38.4 Å². The van der Waals surface area contributed by atoms with Gasteiger partial charge in [0.2, 0.25) is 0 Å². The van der Waals surface area contributed by atoms with Crippen LogP contribution in [0, 0.1) is 0 Å². The first-order chi connectivity index (χ1) is 12.8. The monoisotopic (exact) mass is 398 g/mol. The van der Waals surface area contributed by atoms with E-state index in [1.165, 1.54) is 22.9 Å². The van der Waals surface area contributed by atoms with Crippen molar-refractivity contribution in [3.8, 4) is 0 Å². The van der Waals surface area contributed by atoms with E-state index >= 15 is 0 Å². The van der Waals surface area contributed by atoms with Gasteiger partial charge < -0.3 is 5.84 Å². The summed E-state index contributed by atoms with van der Waals surface area (Å²) in [5.41, 5.74) is 2.40. The van der Waals surface area contributed by atoms with Crippen molar-refractivity contribution in [2.24, 2.45) is 10.9 Å². The number of benzene rings is 2. The Labute approximate surface area is 168 Å². The van der Waals surface area contributed by atoms with Crippen LogP contribution in [0.4, 0.5) is 0 Å². The Morgan fingerprint density at radius 1 is 0.846 bits per heavy atom. The first-order valence-corrected chi connectivity index (χ1v) is 10.9. The molecule has 2 rings (SSSR count). The molecule has 0 spiro atoms. The van der Waals surface area contributed by atoms with Crippen LogP contribution in [0.3, 0.4) is 0 Å². The normalized spacial score (nSPS) is 12.1. The lowest BCUT2D eigenvalue weighted by Crippen LogP contribution is -1.93. The number of hydrazone groups is 1. The molecule has 0 radical (unpaired) electrons. The first kappa shape index (κ1) is 20.5. The van der Waals surface area contributed by atoms with Crippen LogP contribution < -0.4 is 5.84 Å². The fraction of sp³-hybridized carbons (Fsp3) is 0.0952. The predicted octanol–water partition coefficient (Wildman–Crippen LogP) is 6.31. The molecule has 0 bridgehead atoms. The Bertz CT molecular complexity index is 753. The molecule has 2 N–H and O–H groups in total. The highest BCUT2D eigenvalue weighted by Crippen LogP contribution is 2.31. The average Bonchev–Trinajstić information content (AvgIpc) is 2.69. The van der Waals surface area contributed by atoms with Crippen molar-refractivity contribution in [3.05, 3.63) is 94.8 Å². The SMILES string of the molecule is C=C(SC/C=C/c1ccccc1)S/C(=N\N)SC/C=C/c1ccccc1. The van der Waals surface area contributed by atoms with Crippen LogP contribution >= 0.6 is 35.3 Å². The van der Waals surface area contributed by atoms with E-state index in [1.807, 2.05) is 36.4 Å². The van der Waals surface area contributed by atoms with E-state index in [0.29, 0.717) is 0 Å². The summed E-state index contributed by atoms with van der Waals surface area (Å²) in [6.07, 6.45) is 8.47. The maximum atomic E-state index is 5.50. The van der Waals surface area contributed by atoms with Crippen molar-refractivity contribution < 1.29 is 0 Å². The van der Waals surface area contributed by atoms with Crippen molar-refractivity contribution in [2.45, 2.75) is 0 Å². The number of hydrogen-bond donors (Lipinski definition) is 1. The highest BCUT2D eigenvalue weighted by Gasteiger charge is 2.04. The second-order valence-electron chi connectivity index (χ2n) is 5.12. The van der Waals surface area contributed by atoms with E-state index in [2.05, 4.69) is 60.2 Å². The van der Waals surface area contributed by atoms with Gasteiger partial charge >= 0.3 is 0 Å². The standard InChI is InChI=1S/C21H22N2S3/c1-18(24-16-8-14-19-10-4-2-5-11-19)26-21(23-22)25-17-9-15-20-12-6-3-7-13-20/h2-15H,1,16-17,22H2/b14-8+,15-9+,23-21-. The minimum absolute atomic E-state index is 0.823. The summed E-state index contributed by atoms with van der Waals surface area (Å²) in [5.74, 6) is 7.20. The summed E-state index contributed by atoms with van der Waals surface area (Å²) >= 11 is 4.83. The second kappa shape index (κ2) is 12.5. The average molecular weight is 399 g/mol. The summed E-state index contributed by atoms with van der Waals surface area (Å²) in [5, 5.41) is 3.86. The molecule has 0 unspecified atom stereocenters. The van der Waals surface area contributed by atoms with E-state index in [4.69, 9.17) is 5.84 Å². The van der Waals surface area contributed by atoms with E-state index < -0.39 is 0 Å². The van der Waals surface area contributed by atoms with Gasteiger partial charge in [0.25, 0.3) is 0 Å². The lowest BCUT2D eigenvalue weighted by atomic mass is 10.2. The largest absolute Gasteiger partial charge is 0.322 e. The van der Waals surface area contributed by atoms with Crippen LogP contribution in [0.25, 0.3) is 12.2 Å². The van der Waals surface area contributed by atoms with Gasteiger partial charge in [0, 0.05) is 15.7 Å². The molecular formula is C21H22N2S3. The van der Waals surface area contributed by atoms with Crippen molar-refractivity contribution in [1.29, 1.82) is 0 Å². The summed E-state index contributed by atoms with van der Waals surface area (Å²) in [6, 6.07) is 20.5. The number of nitrogens with zero attached hydrogens (tertiary/aromatic N) is 1. The predicted molar refractivity (Wildman–Crippen MR) is 124 cm³/mol. The summed E-state index contributed by atoms with van der Waals surface area (Å²) in [6.45, 7) is 4.09. The molecule has 2 nitrogen and oxygen atoms in total. The zero-order valence-corrected chi connectivity index (χ0v) is 16.9. The molecule has 0 aromatic heterocycles. The molecule has 0 saturated heterocycles. The molecule has 0 heterocycles. The Morgan fingerprint density at radius 3 is 1.85 bits per heavy atom. The van der Waals surface area contributed by atoms with E-state index in [-0.39, 0.29) is 0 Å². The highest BCUT2D eigenvalue weighted by molar-refractivity contribution is 8.44. The molecule has 0 fully saturated rings. The summed E-state index contributed by atoms with van der Waals surface area (Å²) < 4.78 is 1.82. The highest BCUT2D eigenvalue weighted by atomic mass is 32.2. The lowest BCUT2D eigenvalue weighted by Gasteiger charge is -2.04. The van der Waals surface area contributed by atoms with Crippen LogP contribution in [0.2, 0.25) is 0 Å². The van der Waals surface area contributed by atoms with Gasteiger partial charge in [-0.05, 0) is 11.1 Å². The molecule has 5 heteroatoms. The van der Waals surface area contributed by atoms with Gasteiger partial charge in [0.15, 0.2) is 4.38 Å². The molecular weight excluding hydrogens is 376 g/mol. The molecule has 134 valence electrons. The van der Waals surface area contributed by atoms with Gasteiger partial charge in [0.1, 0.15) is 0 Å². The third kappa shape index (κ3) is 8.52. The smallest absolute Gasteiger partial charge is 0.155 e. The second-order valence-corrected chi connectivity index (χ2v) is 8.84. The van der Waals surface area contributed by atoms with E-state index in [9.17, 15) is 0 Å². The van der Waals surface area contributed by atoms with Crippen LogP contribution in [0.15, 0.2) is 88.7 Å². The molecule has 26 heavy (non-hydrogen) atoms. The van der Waals surface area contributed by atoms with Gasteiger partial charge in [-0.1, -0.05) is 115 Å². The molecule has 0 atom stereocenters. The lowest BCUT2D eigenvalue weighted by molar-refractivity contribution is 1.27. The fourth-order valence-corrected chi connectivity index (χ4v) is 4.59. The Kier molecular flexibility index (Phi) is 9.87. The van der Waals surface area contributed by atoms with Crippen LogP contribution in [0.5, 0.6) is 0 Å². The van der Waals surface area contributed by atoms with Gasteiger partial charge in [0.05, 0.1) is 0 Å². The maximum absolute atomic E-state index is 5.50. The molecule has 0 aliphatic carbocycles. The van der Waals surface area contributed by atoms with Crippen molar-refractivity contribution in [2.75, 3.05) is 11.5 Å². The Hall–Kier alpha value is -1.82. The van der Waals surface area contributed by atoms with Crippen LogP contribution in [-0.4, -0.2) is 15.9 Å². The first-order valence-electron chi connectivity index (χ1n) is 8.11. The summed E-state index contributed by atoms with van der Waals surface area (Å²) in [4.78, 5) is 0.